The van der Waals surface area contributed by atoms with Gasteiger partial charge in [-0.2, -0.15) is 0 Å². The smallest absolute Gasteiger partial charge is 0.239 e. The normalized spacial score (nSPS) is 12.2. The van der Waals surface area contributed by atoms with Gasteiger partial charge in [0.25, 0.3) is 0 Å². The van der Waals surface area contributed by atoms with Gasteiger partial charge in [0.2, 0.25) is 5.91 Å². The van der Waals surface area contributed by atoms with Crippen LogP contribution in [0.3, 0.4) is 0 Å². The number of hydrogen-bond acceptors (Lipinski definition) is 3. The highest BCUT2D eigenvalue weighted by molar-refractivity contribution is 5.86. The van der Waals surface area contributed by atoms with E-state index in [0.29, 0.717) is 13.0 Å². The molecule has 2 aromatic heterocycles. The van der Waals surface area contributed by atoms with Crippen LogP contribution < -0.4 is 5.73 Å². The molecule has 24 heavy (non-hydrogen) atoms. The van der Waals surface area contributed by atoms with Gasteiger partial charge in [0.1, 0.15) is 0 Å². The molecule has 5 heteroatoms. The molecule has 0 aliphatic carbocycles. The van der Waals surface area contributed by atoms with E-state index in [1.165, 1.54) is 0 Å². The van der Waals surface area contributed by atoms with Crippen molar-refractivity contribution < 1.29 is 4.79 Å². The van der Waals surface area contributed by atoms with Gasteiger partial charge in [0.15, 0.2) is 0 Å². The van der Waals surface area contributed by atoms with E-state index in [0.717, 1.165) is 28.5 Å². The molecule has 3 aromatic rings. The van der Waals surface area contributed by atoms with Crippen LogP contribution in [0.2, 0.25) is 0 Å². The Labute approximate surface area is 141 Å². The second-order valence-corrected chi connectivity index (χ2v) is 6.04. The number of nitrogens with one attached hydrogen (secondary N) is 1. The van der Waals surface area contributed by atoms with Crippen LogP contribution in [0.4, 0.5) is 0 Å². The molecule has 124 valence electrons. The number of nitrogens with zero attached hydrogens (tertiary/aromatic N) is 2. The number of rotatable bonds is 6. The van der Waals surface area contributed by atoms with Crippen LogP contribution in [0.5, 0.6) is 0 Å². The Morgan fingerprint density at radius 2 is 2.00 bits per heavy atom. The molecule has 0 unspecified atom stereocenters. The van der Waals surface area contributed by atoms with Crippen LogP contribution >= 0.6 is 0 Å². The van der Waals surface area contributed by atoms with Gasteiger partial charge in [-0.15, -0.1) is 0 Å². The second-order valence-electron chi connectivity index (χ2n) is 6.04. The van der Waals surface area contributed by atoms with Gasteiger partial charge in [-0.3, -0.25) is 9.78 Å². The standard InChI is InChI=1S/C19H22N4O/c1-23(11-8-14-6-9-21-10-7-14)19(24)17(20)12-15-13-22-18-5-3-2-4-16(15)18/h2-7,9-10,13,17,22H,8,11-12,20H2,1H3/t17-/m0/s1. The Hall–Kier alpha value is -2.66. The zero-order valence-electron chi connectivity index (χ0n) is 13.8. The minimum absolute atomic E-state index is 0.0330. The summed E-state index contributed by atoms with van der Waals surface area (Å²) in [5.41, 5.74) is 9.46. The average Bonchev–Trinajstić information content (AvgIpc) is 3.03. The summed E-state index contributed by atoms with van der Waals surface area (Å²) in [6.07, 6.45) is 6.79. The Balaban J connectivity index is 1.59. The molecule has 0 fully saturated rings. The summed E-state index contributed by atoms with van der Waals surface area (Å²) >= 11 is 0. The number of pyridine rings is 1. The first-order valence-corrected chi connectivity index (χ1v) is 8.09. The number of benzene rings is 1. The van der Waals surface area contributed by atoms with E-state index >= 15 is 0 Å². The molecule has 0 bridgehead atoms. The van der Waals surface area contributed by atoms with Crippen molar-refractivity contribution in [2.45, 2.75) is 18.9 Å². The predicted octanol–water partition coefficient (Wildman–Crippen LogP) is 2.13. The Morgan fingerprint density at radius 3 is 2.79 bits per heavy atom. The largest absolute Gasteiger partial charge is 0.361 e. The lowest BCUT2D eigenvalue weighted by molar-refractivity contribution is -0.131. The summed E-state index contributed by atoms with van der Waals surface area (Å²) < 4.78 is 0. The highest BCUT2D eigenvalue weighted by atomic mass is 16.2. The van der Waals surface area contributed by atoms with E-state index < -0.39 is 6.04 Å². The topological polar surface area (TPSA) is 75.0 Å². The number of para-hydroxylation sites is 1. The second kappa shape index (κ2) is 7.27. The molecule has 0 saturated heterocycles. The van der Waals surface area contributed by atoms with Gasteiger partial charge >= 0.3 is 0 Å². The first-order valence-electron chi connectivity index (χ1n) is 8.09. The Kier molecular flexibility index (Phi) is 4.91. The van der Waals surface area contributed by atoms with E-state index in [1.807, 2.05) is 42.6 Å². The van der Waals surface area contributed by atoms with Crippen LogP contribution in [-0.4, -0.2) is 40.4 Å². The molecule has 0 spiro atoms. The highest BCUT2D eigenvalue weighted by Crippen LogP contribution is 2.19. The Bertz CT molecular complexity index is 812. The molecule has 0 radical (unpaired) electrons. The number of hydrogen-bond donors (Lipinski definition) is 2. The summed E-state index contributed by atoms with van der Waals surface area (Å²) in [6, 6.07) is 11.4. The number of carbonyl (C=O) groups is 1. The lowest BCUT2D eigenvalue weighted by atomic mass is 10.0. The summed E-state index contributed by atoms with van der Waals surface area (Å²) in [7, 11) is 1.80. The van der Waals surface area contributed by atoms with Gasteiger partial charge in [-0.25, -0.2) is 0 Å². The minimum atomic E-state index is -0.536. The molecule has 1 atom stereocenters. The fraction of sp³-hybridized carbons (Fsp3) is 0.263. The number of likely N-dealkylation sites (N-methyl/N-ethyl adjacent to an activating group) is 1. The minimum Gasteiger partial charge on any atom is -0.361 e. The summed E-state index contributed by atoms with van der Waals surface area (Å²) in [6.45, 7) is 0.643. The predicted molar refractivity (Wildman–Crippen MR) is 95.6 cm³/mol. The molecular formula is C19H22N4O. The third kappa shape index (κ3) is 3.63. The van der Waals surface area contributed by atoms with Crippen molar-refractivity contribution in [1.82, 2.24) is 14.9 Å². The molecule has 1 amide bonds. The third-order valence-corrected chi connectivity index (χ3v) is 4.29. The number of carbonyl (C=O) groups excluding carboxylic acids is 1. The van der Waals surface area contributed by atoms with E-state index in [4.69, 9.17) is 5.73 Å². The lowest BCUT2D eigenvalue weighted by Gasteiger charge is -2.21. The van der Waals surface area contributed by atoms with Crippen molar-refractivity contribution in [3.63, 3.8) is 0 Å². The molecule has 0 aliphatic rings. The van der Waals surface area contributed by atoms with E-state index in [1.54, 1.807) is 24.3 Å². The van der Waals surface area contributed by atoms with E-state index in [2.05, 4.69) is 9.97 Å². The highest BCUT2D eigenvalue weighted by Gasteiger charge is 2.19. The zero-order chi connectivity index (χ0) is 16.9. The van der Waals surface area contributed by atoms with Crippen LogP contribution in [-0.2, 0) is 17.6 Å². The SMILES string of the molecule is CN(CCc1ccncc1)C(=O)[C@@H](N)Cc1c[nH]c2ccccc12. The monoisotopic (exact) mass is 322 g/mol. The first-order chi connectivity index (χ1) is 11.6. The van der Waals surface area contributed by atoms with Crippen molar-refractivity contribution in [3.8, 4) is 0 Å². The van der Waals surface area contributed by atoms with Crippen LogP contribution in [0.15, 0.2) is 55.0 Å². The molecule has 3 rings (SSSR count). The van der Waals surface area contributed by atoms with Crippen molar-refractivity contribution in [3.05, 3.63) is 66.1 Å². The number of aromatic nitrogens is 2. The first kappa shape index (κ1) is 16.2. The summed E-state index contributed by atoms with van der Waals surface area (Å²) in [5, 5.41) is 1.13. The summed E-state index contributed by atoms with van der Waals surface area (Å²) in [4.78, 5) is 21.4. The summed E-state index contributed by atoms with van der Waals surface area (Å²) in [5.74, 6) is -0.0330. The Morgan fingerprint density at radius 1 is 1.25 bits per heavy atom. The molecule has 1 aromatic carbocycles. The van der Waals surface area contributed by atoms with Gasteiger partial charge < -0.3 is 15.6 Å². The van der Waals surface area contributed by atoms with Crippen LogP contribution in [0.1, 0.15) is 11.1 Å². The molecular weight excluding hydrogens is 300 g/mol. The number of H-pyrrole nitrogens is 1. The van der Waals surface area contributed by atoms with Gasteiger partial charge in [0.05, 0.1) is 6.04 Å². The fourth-order valence-corrected chi connectivity index (χ4v) is 2.86. The molecule has 5 nitrogen and oxygen atoms in total. The van der Waals surface area contributed by atoms with Crippen molar-refractivity contribution >= 4 is 16.8 Å². The van der Waals surface area contributed by atoms with Crippen molar-refractivity contribution in [2.24, 2.45) is 5.73 Å². The average molecular weight is 322 g/mol. The van der Waals surface area contributed by atoms with Crippen molar-refractivity contribution in [2.75, 3.05) is 13.6 Å². The maximum absolute atomic E-state index is 12.5. The number of aromatic amines is 1. The number of fused-ring (bicyclic) bond motifs is 1. The van der Waals surface area contributed by atoms with E-state index in [9.17, 15) is 4.79 Å². The maximum atomic E-state index is 12.5. The number of amides is 1. The third-order valence-electron chi connectivity index (χ3n) is 4.29. The number of nitrogens with two attached hydrogens (primary N) is 1. The molecule has 3 N–H and O–H groups in total. The molecule has 0 saturated carbocycles. The van der Waals surface area contributed by atoms with Gasteiger partial charge in [0, 0.05) is 43.1 Å². The van der Waals surface area contributed by atoms with Crippen molar-refractivity contribution in [1.29, 1.82) is 0 Å². The molecule has 2 heterocycles. The maximum Gasteiger partial charge on any atom is 0.239 e. The van der Waals surface area contributed by atoms with E-state index in [-0.39, 0.29) is 5.91 Å². The van der Waals surface area contributed by atoms with Gasteiger partial charge in [-0.05, 0) is 42.2 Å². The zero-order valence-corrected chi connectivity index (χ0v) is 13.8. The quantitative estimate of drug-likeness (QED) is 0.730. The molecule has 0 aliphatic heterocycles. The van der Waals surface area contributed by atoms with Gasteiger partial charge in [-0.1, -0.05) is 18.2 Å². The van der Waals surface area contributed by atoms with Crippen LogP contribution in [0.25, 0.3) is 10.9 Å². The van der Waals surface area contributed by atoms with Crippen LogP contribution in [0, 0.1) is 0 Å². The lowest BCUT2D eigenvalue weighted by Crippen LogP contribution is -2.43. The fourth-order valence-electron chi connectivity index (χ4n) is 2.86.